The maximum atomic E-state index is 2.54. The third-order valence-electron chi connectivity index (χ3n) is 17.0. The predicted octanol–water partition coefficient (Wildman–Crippen LogP) is 19.6. The Bertz CT molecular complexity index is 4200. The first-order valence-corrected chi connectivity index (χ1v) is 26.7. The predicted molar refractivity (Wildman–Crippen MR) is 317 cm³/mol. The summed E-state index contributed by atoms with van der Waals surface area (Å²) >= 11 is 0. The van der Waals surface area contributed by atoms with E-state index in [0.29, 0.717) is 0 Å². The Morgan fingerprint density at radius 3 is 1.29 bits per heavy atom. The molecule has 0 bridgehead atoms. The van der Waals surface area contributed by atoms with Gasteiger partial charge in [0.05, 0.1) is 0 Å². The second kappa shape index (κ2) is 17.0. The van der Waals surface area contributed by atoms with Gasteiger partial charge in [0.15, 0.2) is 0 Å². The van der Waals surface area contributed by atoms with Crippen molar-refractivity contribution in [1.29, 1.82) is 0 Å². The molecule has 0 spiro atoms. The Hall–Kier alpha value is -8.98. The van der Waals surface area contributed by atoms with Gasteiger partial charge in [-0.3, -0.25) is 0 Å². The van der Waals surface area contributed by atoms with Crippen molar-refractivity contribution in [2.45, 2.75) is 44.9 Å². The quantitative estimate of drug-likeness (QED) is 0.159. The molecule has 15 rings (SSSR count). The van der Waals surface area contributed by atoms with Gasteiger partial charge in [-0.05, 0) is 203 Å². The number of nitrogens with zero attached hydrogens (tertiary/aromatic N) is 2. The highest BCUT2D eigenvalue weighted by Gasteiger charge is 2.36. The summed E-state index contributed by atoms with van der Waals surface area (Å²) < 4.78 is 0. The molecule has 0 aromatic heterocycles. The summed E-state index contributed by atoms with van der Waals surface area (Å²) in [5.41, 5.74) is 25.3. The van der Waals surface area contributed by atoms with Crippen molar-refractivity contribution in [2.75, 3.05) is 9.80 Å². The highest BCUT2D eigenvalue weighted by molar-refractivity contribution is 6.24. The van der Waals surface area contributed by atoms with Crippen molar-refractivity contribution < 1.29 is 0 Å². The van der Waals surface area contributed by atoms with Crippen molar-refractivity contribution >= 4 is 66.4 Å². The second-order valence-electron chi connectivity index (χ2n) is 21.4. The van der Waals surface area contributed by atoms with Crippen molar-refractivity contribution in [1.82, 2.24) is 0 Å². The molecule has 12 aromatic rings. The minimum atomic E-state index is -0.172. The number of benzene rings is 12. The number of rotatable bonds is 5. The monoisotopic (exact) mass is 958 g/mol. The average Bonchev–Trinajstić information content (AvgIpc) is 3.60. The van der Waals surface area contributed by atoms with Crippen LogP contribution in [0.2, 0.25) is 0 Å². The SMILES string of the molecule is CC1(C)c2ccccc2-c2ccc(-c3c4cc(N5c6ccccc6CCc6ccccc65)ccc4c(-c4cc5ccccc5cc4-c4ccccc4)c4cc(N5c6ccccc6CCc6ccccc65)ccc34)cc21. The first kappa shape index (κ1) is 43.6. The third kappa shape index (κ3) is 6.86. The van der Waals surface area contributed by atoms with Gasteiger partial charge in [0, 0.05) is 39.5 Å². The summed E-state index contributed by atoms with van der Waals surface area (Å²) in [6.07, 6.45) is 3.95. The Kier molecular flexibility index (Phi) is 9.91. The first-order chi connectivity index (χ1) is 37.0. The van der Waals surface area contributed by atoms with E-state index in [1.54, 1.807) is 0 Å². The zero-order valence-electron chi connectivity index (χ0n) is 42.3. The van der Waals surface area contributed by atoms with Gasteiger partial charge in [-0.15, -0.1) is 0 Å². The molecular weight excluding hydrogens is 905 g/mol. The Morgan fingerprint density at radius 1 is 0.293 bits per heavy atom. The molecule has 356 valence electrons. The fraction of sp³-hybridized carbons (Fsp3) is 0.0959. The van der Waals surface area contributed by atoms with Gasteiger partial charge in [0.1, 0.15) is 0 Å². The molecule has 0 amide bonds. The fourth-order valence-electron chi connectivity index (χ4n) is 13.4. The summed E-state index contributed by atoms with van der Waals surface area (Å²) in [5.74, 6) is 0. The smallest absolute Gasteiger partial charge is 0.0493 e. The molecule has 2 aliphatic heterocycles. The average molecular weight is 959 g/mol. The summed E-state index contributed by atoms with van der Waals surface area (Å²) in [6, 6.07) is 92.1. The lowest BCUT2D eigenvalue weighted by atomic mass is 9.79. The third-order valence-corrected chi connectivity index (χ3v) is 17.0. The van der Waals surface area contributed by atoms with E-state index in [4.69, 9.17) is 0 Å². The van der Waals surface area contributed by atoms with Crippen LogP contribution < -0.4 is 9.80 Å². The van der Waals surface area contributed by atoms with Crippen LogP contribution in [-0.2, 0) is 31.1 Å². The maximum absolute atomic E-state index is 2.54. The molecule has 75 heavy (non-hydrogen) atoms. The molecule has 3 aliphatic rings. The Labute approximate surface area is 439 Å². The first-order valence-electron chi connectivity index (χ1n) is 26.7. The number of hydrogen-bond donors (Lipinski definition) is 0. The summed E-state index contributed by atoms with van der Waals surface area (Å²) in [7, 11) is 0. The fourth-order valence-corrected chi connectivity index (χ4v) is 13.4. The lowest BCUT2D eigenvalue weighted by molar-refractivity contribution is 0.660. The number of anilines is 6. The zero-order chi connectivity index (χ0) is 49.8. The van der Waals surface area contributed by atoms with Crippen molar-refractivity contribution in [3.63, 3.8) is 0 Å². The molecule has 0 N–H and O–H groups in total. The summed E-state index contributed by atoms with van der Waals surface area (Å²) in [6.45, 7) is 4.81. The highest BCUT2D eigenvalue weighted by atomic mass is 15.2. The molecule has 0 radical (unpaired) electrons. The zero-order valence-corrected chi connectivity index (χ0v) is 42.3. The van der Waals surface area contributed by atoms with Crippen LogP contribution in [0.1, 0.15) is 47.2 Å². The van der Waals surface area contributed by atoms with Gasteiger partial charge < -0.3 is 9.80 Å². The highest BCUT2D eigenvalue weighted by Crippen LogP contribution is 2.54. The minimum Gasteiger partial charge on any atom is -0.310 e. The van der Waals surface area contributed by atoms with E-state index in [1.807, 2.05) is 0 Å². The number of aryl methyl sites for hydroxylation is 4. The molecule has 0 saturated heterocycles. The summed E-state index contributed by atoms with van der Waals surface area (Å²) in [5, 5.41) is 7.36. The molecule has 12 aromatic carbocycles. The second-order valence-corrected chi connectivity index (χ2v) is 21.4. The van der Waals surface area contributed by atoms with E-state index >= 15 is 0 Å². The lowest BCUT2D eigenvalue weighted by Gasteiger charge is -2.30. The largest absolute Gasteiger partial charge is 0.310 e. The molecule has 2 nitrogen and oxygen atoms in total. The molecule has 0 atom stereocenters. The van der Waals surface area contributed by atoms with Crippen LogP contribution in [0.5, 0.6) is 0 Å². The Morgan fingerprint density at radius 2 is 0.733 bits per heavy atom. The van der Waals surface area contributed by atoms with Gasteiger partial charge >= 0.3 is 0 Å². The minimum absolute atomic E-state index is 0.172. The van der Waals surface area contributed by atoms with Gasteiger partial charge in [-0.25, -0.2) is 0 Å². The van der Waals surface area contributed by atoms with E-state index in [1.165, 1.54) is 133 Å². The van der Waals surface area contributed by atoms with Gasteiger partial charge in [-0.2, -0.15) is 0 Å². The maximum Gasteiger partial charge on any atom is 0.0493 e. The molecule has 0 unspecified atom stereocenters. The van der Waals surface area contributed by atoms with Crippen LogP contribution in [0.4, 0.5) is 34.1 Å². The van der Waals surface area contributed by atoms with Gasteiger partial charge in [0.25, 0.3) is 0 Å². The molecule has 0 saturated carbocycles. The van der Waals surface area contributed by atoms with Crippen molar-refractivity contribution in [2.24, 2.45) is 0 Å². The lowest BCUT2D eigenvalue weighted by Crippen LogP contribution is -2.15. The topological polar surface area (TPSA) is 6.48 Å². The standard InChI is InChI=1S/C73H54N2/c1-73(2)65-27-13-12-26-57(65)58-39-36-54(44-66(58)73)71-59-40-37-56(75-69-30-16-10-22-50(69)34-35-51-23-11-17-31-70(51)75)46-64(59)72(62-43-53-25-7-6-24-52(53)42-61(62)47-18-4-3-5-19-47)60-41-38-55(45-63(60)71)74-67-28-14-8-20-48(67)32-33-49-21-9-15-29-68(49)74/h3-31,36-46H,32-35H2,1-2H3. The van der Waals surface area contributed by atoms with E-state index in [0.717, 1.165) is 37.1 Å². The number of fused-ring (bicyclic) bond motifs is 10. The van der Waals surface area contributed by atoms with Crippen LogP contribution in [0, 0.1) is 0 Å². The van der Waals surface area contributed by atoms with E-state index in [9.17, 15) is 0 Å². The van der Waals surface area contributed by atoms with E-state index in [-0.39, 0.29) is 5.41 Å². The molecule has 2 heteroatoms. The Balaban J connectivity index is 1.10. The van der Waals surface area contributed by atoms with E-state index in [2.05, 4.69) is 266 Å². The van der Waals surface area contributed by atoms with Crippen molar-refractivity contribution in [3.05, 3.63) is 276 Å². The number of para-hydroxylation sites is 4. The van der Waals surface area contributed by atoms with Gasteiger partial charge in [-0.1, -0.05) is 190 Å². The van der Waals surface area contributed by atoms with Crippen LogP contribution in [0.3, 0.4) is 0 Å². The molecule has 2 heterocycles. The molecular formula is C73H54N2. The molecule has 1 aliphatic carbocycles. The normalized spacial score (nSPS) is 14.1. The number of hydrogen-bond acceptors (Lipinski definition) is 2. The summed E-state index contributed by atoms with van der Waals surface area (Å²) in [4.78, 5) is 5.08. The van der Waals surface area contributed by atoms with Crippen molar-refractivity contribution in [3.8, 4) is 44.5 Å². The van der Waals surface area contributed by atoms with Crippen LogP contribution in [0.25, 0.3) is 76.8 Å². The van der Waals surface area contributed by atoms with Crippen LogP contribution >= 0.6 is 0 Å². The van der Waals surface area contributed by atoms with Crippen LogP contribution in [-0.4, -0.2) is 0 Å². The van der Waals surface area contributed by atoms with Crippen LogP contribution in [0.15, 0.2) is 243 Å². The van der Waals surface area contributed by atoms with Gasteiger partial charge in [0.2, 0.25) is 0 Å². The molecule has 0 fully saturated rings. The van der Waals surface area contributed by atoms with E-state index < -0.39 is 0 Å².